The number of hydrogen-bond acceptors (Lipinski definition) is 6. The summed E-state index contributed by atoms with van der Waals surface area (Å²) < 4.78 is 15.4. The van der Waals surface area contributed by atoms with E-state index in [1.165, 1.54) is 32.3 Å². The van der Waals surface area contributed by atoms with E-state index in [4.69, 9.17) is 25.8 Å². The number of carbonyl (C=O) groups excluding carboxylic acids is 2. The second-order valence-corrected chi connectivity index (χ2v) is 6.22. The minimum absolute atomic E-state index is 0.143. The Kier molecular flexibility index (Phi) is 5.41. The Morgan fingerprint density at radius 2 is 1.86 bits per heavy atom. The Morgan fingerprint density at radius 3 is 2.50 bits per heavy atom. The number of amides is 1. The summed E-state index contributed by atoms with van der Waals surface area (Å²) in [5.41, 5.74) is 2.15. The van der Waals surface area contributed by atoms with Crippen LogP contribution in [-0.2, 0) is 4.74 Å². The number of ether oxygens (including phenoxy) is 3. The quantitative estimate of drug-likeness (QED) is 0.519. The third kappa shape index (κ3) is 3.46. The third-order valence-corrected chi connectivity index (χ3v) is 4.44. The Morgan fingerprint density at radius 1 is 1.11 bits per heavy atom. The van der Waals surface area contributed by atoms with Crippen LogP contribution in [0.25, 0.3) is 11.0 Å². The van der Waals surface area contributed by atoms with Gasteiger partial charge in [-0.25, -0.2) is 9.78 Å². The smallest absolute Gasteiger partial charge is 0.341 e. The molecule has 0 unspecified atom stereocenters. The van der Waals surface area contributed by atoms with E-state index < -0.39 is 5.97 Å². The lowest BCUT2D eigenvalue weighted by Crippen LogP contribution is -2.27. The number of halogens is 1. The van der Waals surface area contributed by atoms with E-state index in [9.17, 15) is 9.59 Å². The largest absolute Gasteiger partial charge is 0.493 e. The molecule has 0 aliphatic heterocycles. The number of nitrogens with zero attached hydrogens (tertiary/aromatic N) is 2. The van der Waals surface area contributed by atoms with Crippen LogP contribution in [0.2, 0.25) is 5.15 Å². The van der Waals surface area contributed by atoms with E-state index in [0.717, 1.165) is 0 Å². The standard InChI is InChI=1S/C19H18ClN3O5/c1-23(18(24)14-9-13-12(21-14)5-6-16(20)22-13)10-7-11(19(25)28-4)17(27-3)15(8-10)26-2/h5-9,21H,1-4H3. The van der Waals surface area contributed by atoms with Gasteiger partial charge in [-0.05, 0) is 24.3 Å². The molecule has 0 aliphatic rings. The topological polar surface area (TPSA) is 93.8 Å². The highest BCUT2D eigenvalue weighted by atomic mass is 35.5. The summed E-state index contributed by atoms with van der Waals surface area (Å²) in [7, 11) is 5.70. The number of rotatable bonds is 5. The maximum Gasteiger partial charge on any atom is 0.341 e. The number of benzene rings is 1. The van der Waals surface area contributed by atoms with E-state index in [2.05, 4.69) is 9.97 Å². The summed E-state index contributed by atoms with van der Waals surface area (Å²) in [6.07, 6.45) is 0. The Balaban J connectivity index is 2.03. The third-order valence-electron chi connectivity index (χ3n) is 4.23. The van der Waals surface area contributed by atoms with Crippen LogP contribution >= 0.6 is 11.6 Å². The minimum Gasteiger partial charge on any atom is -0.493 e. The van der Waals surface area contributed by atoms with Crippen LogP contribution in [0, 0.1) is 0 Å². The molecule has 3 aromatic rings. The molecule has 2 aromatic heterocycles. The zero-order valence-corrected chi connectivity index (χ0v) is 16.5. The van der Waals surface area contributed by atoms with Crippen molar-refractivity contribution in [1.29, 1.82) is 0 Å². The predicted molar refractivity (Wildman–Crippen MR) is 105 cm³/mol. The molecule has 0 saturated carbocycles. The fourth-order valence-electron chi connectivity index (χ4n) is 2.80. The number of esters is 1. The first-order chi connectivity index (χ1) is 13.4. The lowest BCUT2D eigenvalue weighted by molar-refractivity contribution is 0.0596. The van der Waals surface area contributed by atoms with Gasteiger partial charge in [-0.2, -0.15) is 0 Å². The highest BCUT2D eigenvalue weighted by Gasteiger charge is 2.23. The van der Waals surface area contributed by atoms with Crippen LogP contribution < -0.4 is 14.4 Å². The molecule has 0 aliphatic carbocycles. The van der Waals surface area contributed by atoms with Gasteiger partial charge >= 0.3 is 5.97 Å². The van der Waals surface area contributed by atoms with Gasteiger partial charge in [0.2, 0.25) is 0 Å². The Bertz CT molecular complexity index is 1060. The Labute approximate surface area is 166 Å². The van der Waals surface area contributed by atoms with Crippen molar-refractivity contribution >= 4 is 40.2 Å². The number of nitrogens with one attached hydrogen (secondary N) is 1. The molecule has 0 saturated heterocycles. The maximum atomic E-state index is 13.0. The molecule has 146 valence electrons. The molecule has 1 aromatic carbocycles. The molecule has 0 fully saturated rings. The average molecular weight is 404 g/mol. The average Bonchev–Trinajstić information content (AvgIpc) is 3.13. The van der Waals surface area contributed by atoms with Crippen molar-refractivity contribution in [3.63, 3.8) is 0 Å². The molecule has 1 amide bonds. The van der Waals surface area contributed by atoms with Crippen LogP contribution in [-0.4, -0.2) is 50.2 Å². The van der Waals surface area contributed by atoms with Gasteiger partial charge in [0.1, 0.15) is 16.4 Å². The fraction of sp³-hybridized carbons (Fsp3) is 0.211. The first-order valence-electron chi connectivity index (χ1n) is 8.17. The second kappa shape index (κ2) is 7.77. The van der Waals surface area contributed by atoms with Gasteiger partial charge in [0, 0.05) is 18.8 Å². The lowest BCUT2D eigenvalue weighted by atomic mass is 10.1. The fourth-order valence-corrected chi connectivity index (χ4v) is 2.96. The van der Waals surface area contributed by atoms with Crippen molar-refractivity contribution in [2.24, 2.45) is 0 Å². The molecule has 0 atom stereocenters. The van der Waals surface area contributed by atoms with E-state index in [1.807, 2.05) is 0 Å². The first kappa shape index (κ1) is 19.5. The normalized spacial score (nSPS) is 10.6. The van der Waals surface area contributed by atoms with Crippen molar-refractivity contribution in [2.45, 2.75) is 0 Å². The maximum absolute atomic E-state index is 13.0. The van der Waals surface area contributed by atoms with Crippen LogP contribution in [0.3, 0.4) is 0 Å². The summed E-state index contributed by atoms with van der Waals surface area (Å²) in [5.74, 6) is -0.423. The van der Waals surface area contributed by atoms with Crippen molar-refractivity contribution in [3.8, 4) is 11.5 Å². The van der Waals surface area contributed by atoms with Crippen molar-refractivity contribution in [1.82, 2.24) is 9.97 Å². The van der Waals surface area contributed by atoms with Gasteiger partial charge in [0.25, 0.3) is 5.91 Å². The zero-order chi connectivity index (χ0) is 20.4. The van der Waals surface area contributed by atoms with Gasteiger partial charge < -0.3 is 24.1 Å². The van der Waals surface area contributed by atoms with Gasteiger partial charge in [0.15, 0.2) is 11.5 Å². The monoisotopic (exact) mass is 403 g/mol. The van der Waals surface area contributed by atoms with Gasteiger partial charge in [-0.3, -0.25) is 4.79 Å². The molecule has 3 rings (SSSR count). The number of anilines is 1. The van der Waals surface area contributed by atoms with Crippen molar-refractivity contribution in [2.75, 3.05) is 33.3 Å². The summed E-state index contributed by atoms with van der Waals surface area (Å²) >= 11 is 5.90. The molecule has 0 radical (unpaired) electrons. The highest BCUT2D eigenvalue weighted by molar-refractivity contribution is 6.29. The number of aromatic amines is 1. The Hall–Kier alpha value is -3.26. The van der Waals surface area contributed by atoms with Crippen LogP contribution in [0.15, 0.2) is 30.3 Å². The first-order valence-corrected chi connectivity index (χ1v) is 8.55. The molecule has 8 nitrogen and oxygen atoms in total. The number of fused-ring (bicyclic) bond motifs is 1. The number of methoxy groups -OCH3 is 3. The summed E-state index contributed by atoms with van der Waals surface area (Å²) in [4.78, 5) is 33.7. The number of H-pyrrole nitrogens is 1. The molecule has 28 heavy (non-hydrogen) atoms. The number of carbonyl (C=O) groups is 2. The molecular formula is C19H18ClN3O5. The number of aromatic nitrogens is 2. The molecule has 0 spiro atoms. The summed E-state index contributed by atoms with van der Waals surface area (Å²) in [5, 5.41) is 0.335. The van der Waals surface area contributed by atoms with Crippen LogP contribution in [0.4, 0.5) is 5.69 Å². The van der Waals surface area contributed by atoms with Crippen molar-refractivity contribution in [3.05, 3.63) is 46.7 Å². The summed E-state index contributed by atoms with van der Waals surface area (Å²) in [6, 6.07) is 8.09. The number of hydrogen-bond donors (Lipinski definition) is 1. The van der Waals surface area contributed by atoms with Gasteiger partial charge in [0.05, 0.1) is 32.4 Å². The predicted octanol–water partition coefficient (Wildman–Crippen LogP) is 3.30. The molecule has 9 heteroatoms. The van der Waals surface area contributed by atoms with Crippen LogP contribution in [0.1, 0.15) is 20.8 Å². The lowest BCUT2D eigenvalue weighted by Gasteiger charge is -2.20. The van der Waals surface area contributed by atoms with E-state index in [0.29, 0.717) is 33.3 Å². The van der Waals surface area contributed by atoms with Gasteiger partial charge in [-0.1, -0.05) is 11.6 Å². The van der Waals surface area contributed by atoms with E-state index in [1.54, 1.807) is 31.3 Å². The van der Waals surface area contributed by atoms with E-state index in [-0.39, 0.29) is 17.2 Å². The van der Waals surface area contributed by atoms with E-state index >= 15 is 0 Å². The second-order valence-electron chi connectivity index (χ2n) is 5.83. The van der Waals surface area contributed by atoms with Crippen LogP contribution in [0.5, 0.6) is 11.5 Å². The van der Waals surface area contributed by atoms with Crippen molar-refractivity contribution < 1.29 is 23.8 Å². The highest BCUT2D eigenvalue weighted by Crippen LogP contribution is 2.36. The minimum atomic E-state index is -0.609. The summed E-state index contributed by atoms with van der Waals surface area (Å²) in [6.45, 7) is 0. The molecular weight excluding hydrogens is 386 g/mol. The molecule has 1 N–H and O–H groups in total. The number of pyridine rings is 1. The SMILES string of the molecule is COC(=O)c1cc(N(C)C(=O)c2cc3nc(Cl)ccc3[nH]2)cc(OC)c1OC. The van der Waals surface area contributed by atoms with Gasteiger partial charge in [-0.15, -0.1) is 0 Å². The molecule has 0 bridgehead atoms. The zero-order valence-electron chi connectivity index (χ0n) is 15.7. The molecule has 2 heterocycles.